The van der Waals surface area contributed by atoms with Crippen LogP contribution in [-0.2, 0) is 0 Å². The van der Waals surface area contributed by atoms with Crippen molar-refractivity contribution in [3.8, 4) is 0 Å². The molecule has 1 aromatic carbocycles. The van der Waals surface area contributed by atoms with Crippen LogP contribution in [0.4, 0.5) is 15.8 Å². The number of aromatic nitrogens is 1. The van der Waals surface area contributed by atoms with Gasteiger partial charge in [-0.15, -0.1) is 0 Å². The van der Waals surface area contributed by atoms with Crippen LogP contribution in [0.1, 0.15) is 10.4 Å². The summed E-state index contributed by atoms with van der Waals surface area (Å²) in [5.41, 5.74) is -0.312. The van der Waals surface area contributed by atoms with E-state index in [1.54, 1.807) is 0 Å². The zero-order valence-electron chi connectivity index (χ0n) is 9.84. The van der Waals surface area contributed by atoms with Gasteiger partial charge in [-0.2, -0.15) is 0 Å². The minimum Gasteiger partial charge on any atom is -0.319 e. The number of hydrogen-bond donors (Lipinski definition) is 1. The van der Waals surface area contributed by atoms with Crippen LogP contribution in [-0.4, -0.2) is 15.8 Å². The van der Waals surface area contributed by atoms with Crippen molar-refractivity contribution in [3.63, 3.8) is 0 Å². The third kappa shape index (κ3) is 3.15. The predicted octanol–water partition coefficient (Wildman–Crippen LogP) is 3.14. The van der Waals surface area contributed by atoms with Gasteiger partial charge in [-0.05, 0) is 34.1 Å². The molecule has 1 amide bonds. The van der Waals surface area contributed by atoms with Crippen LogP contribution in [0.2, 0.25) is 0 Å². The number of amides is 1. The Hall–Kier alpha value is -2.35. The molecular formula is C12H7BrFN3O3. The van der Waals surface area contributed by atoms with E-state index in [4.69, 9.17) is 0 Å². The smallest absolute Gasteiger partial charge is 0.271 e. The summed E-state index contributed by atoms with van der Waals surface area (Å²) in [4.78, 5) is 25.7. The van der Waals surface area contributed by atoms with Crippen molar-refractivity contribution in [1.82, 2.24) is 4.98 Å². The highest BCUT2D eigenvalue weighted by molar-refractivity contribution is 9.10. The molecule has 0 saturated heterocycles. The number of halogens is 2. The van der Waals surface area contributed by atoms with Gasteiger partial charge in [-0.25, -0.2) is 9.37 Å². The van der Waals surface area contributed by atoms with Crippen molar-refractivity contribution in [1.29, 1.82) is 0 Å². The molecule has 1 aromatic heterocycles. The first-order valence-corrected chi connectivity index (χ1v) is 6.13. The van der Waals surface area contributed by atoms with Crippen molar-refractivity contribution >= 4 is 33.2 Å². The van der Waals surface area contributed by atoms with Gasteiger partial charge in [0, 0.05) is 23.9 Å². The topological polar surface area (TPSA) is 85.1 Å². The molecule has 2 aromatic rings. The third-order valence-electron chi connectivity index (χ3n) is 2.40. The summed E-state index contributed by atoms with van der Waals surface area (Å²) in [6, 6.07) is 5.80. The number of rotatable bonds is 3. The number of pyridine rings is 1. The number of carbonyl (C=O) groups is 1. The molecule has 8 heteroatoms. The Balaban J connectivity index is 2.27. The fraction of sp³-hybridized carbons (Fsp3) is 0. The summed E-state index contributed by atoms with van der Waals surface area (Å²) in [7, 11) is 0. The molecule has 0 fully saturated rings. The van der Waals surface area contributed by atoms with Crippen LogP contribution >= 0.6 is 15.9 Å². The van der Waals surface area contributed by atoms with E-state index < -0.39 is 16.6 Å². The average Bonchev–Trinajstić information content (AvgIpc) is 2.41. The van der Waals surface area contributed by atoms with Crippen LogP contribution in [0, 0.1) is 15.9 Å². The minimum absolute atomic E-state index is 0.248. The zero-order valence-corrected chi connectivity index (χ0v) is 11.4. The van der Waals surface area contributed by atoms with Crippen molar-refractivity contribution in [2.75, 3.05) is 5.32 Å². The fourth-order valence-electron chi connectivity index (χ4n) is 1.46. The third-order valence-corrected chi connectivity index (χ3v) is 2.83. The SMILES string of the molecule is O=C(Nc1cc([N+](=O)[O-])ccc1F)c1ccnc(Br)c1. The van der Waals surface area contributed by atoms with Gasteiger partial charge in [0.1, 0.15) is 10.4 Å². The molecule has 1 N–H and O–H groups in total. The number of benzene rings is 1. The largest absolute Gasteiger partial charge is 0.319 e. The molecule has 2 rings (SSSR count). The first-order chi connectivity index (χ1) is 9.47. The Bertz CT molecular complexity index is 693. The standard InChI is InChI=1S/C12H7BrFN3O3/c13-11-5-7(3-4-15-11)12(18)16-10-6-8(17(19)20)1-2-9(10)14/h1-6H,(H,16,18). The molecule has 20 heavy (non-hydrogen) atoms. The number of nitrogens with one attached hydrogen (secondary N) is 1. The molecule has 0 aliphatic heterocycles. The lowest BCUT2D eigenvalue weighted by atomic mass is 10.2. The van der Waals surface area contributed by atoms with Crippen LogP contribution in [0.25, 0.3) is 0 Å². The van der Waals surface area contributed by atoms with E-state index in [0.717, 1.165) is 18.2 Å². The van der Waals surface area contributed by atoms with Crippen molar-refractivity contribution < 1.29 is 14.1 Å². The Kier molecular flexibility index (Phi) is 4.04. The molecule has 1 heterocycles. The Labute approximate surface area is 120 Å². The second kappa shape index (κ2) is 5.74. The molecule has 0 aliphatic carbocycles. The fourth-order valence-corrected chi connectivity index (χ4v) is 1.83. The normalized spacial score (nSPS) is 10.1. The summed E-state index contributed by atoms with van der Waals surface area (Å²) in [6.07, 6.45) is 1.41. The van der Waals surface area contributed by atoms with E-state index >= 15 is 0 Å². The van der Waals surface area contributed by atoms with Gasteiger partial charge < -0.3 is 5.32 Å². The van der Waals surface area contributed by atoms with Gasteiger partial charge >= 0.3 is 0 Å². The number of nitro groups is 1. The van der Waals surface area contributed by atoms with Crippen LogP contribution < -0.4 is 5.32 Å². The summed E-state index contributed by atoms with van der Waals surface area (Å²) >= 11 is 3.11. The summed E-state index contributed by atoms with van der Waals surface area (Å²) in [6.45, 7) is 0. The average molecular weight is 340 g/mol. The maximum absolute atomic E-state index is 13.5. The Morgan fingerprint density at radius 3 is 2.75 bits per heavy atom. The summed E-state index contributed by atoms with van der Waals surface area (Å²) in [5.74, 6) is -1.34. The quantitative estimate of drug-likeness (QED) is 0.528. The monoisotopic (exact) mass is 339 g/mol. The molecule has 102 valence electrons. The zero-order chi connectivity index (χ0) is 14.7. The first kappa shape index (κ1) is 14.1. The molecule has 0 atom stereocenters. The predicted molar refractivity (Wildman–Crippen MR) is 72.9 cm³/mol. The number of nitro benzene ring substituents is 1. The van der Waals surface area contributed by atoms with Gasteiger partial charge in [0.15, 0.2) is 0 Å². The van der Waals surface area contributed by atoms with E-state index in [1.165, 1.54) is 18.3 Å². The molecule has 0 saturated carbocycles. The highest BCUT2D eigenvalue weighted by Crippen LogP contribution is 2.22. The molecule has 0 unspecified atom stereocenters. The number of non-ortho nitro benzene ring substituents is 1. The van der Waals surface area contributed by atoms with Gasteiger partial charge in [0.2, 0.25) is 0 Å². The second-order valence-electron chi connectivity index (χ2n) is 3.74. The Morgan fingerprint density at radius 1 is 1.35 bits per heavy atom. The lowest BCUT2D eigenvalue weighted by Gasteiger charge is -2.06. The number of carbonyl (C=O) groups excluding carboxylic acids is 1. The number of anilines is 1. The van der Waals surface area contributed by atoms with E-state index in [-0.39, 0.29) is 16.9 Å². The highest BCUT2D eigenvalue weighted by atomic mass is 79.9. The van der Waals surface area contributed by atoms with Crippen LogP contribution in [0.3, 0.4) is 0 Å². The van der Waals surface area contributed by atoms with Crippen molar-refractivity contribution in [2.24, 2.45) is 0 Å². The maximum Gasteiger partial charge on any atom is 0.271 e. The van der Waals surface area contributed by atoms with Crippen LogP contribution in [0.5, 0.6) is 0 Å². The second-order valence-corrected chi connectivity index (χ2v) is 4.56. The summed E-state index contributed by atoms with van der Waals surface area (Å²) in [5, 5.41) is 12.9. The van der Waals surface area contributed by atoms with E-state index in [9.17, 15) is 19.3 Å². The highest BCUT2D eigenvalue weighted by Gasteiger charge is 2.14. The van der Waals surface area contributed by atoms with Crippen molar-refractivity contribution in [2.45, 2.75) is 0 Å². The lowest BCUT2D eigenvalue weighted by Crippen LogP contribution is -2.13. The number of hydrogen-bond acceptors (Lipinski definition) is 4. The molecule has 6 nitrogen and oxygen atoms in total. The molecule has 0 bridgehead atoms. The van der Waals surface area contributed by atoms with Gasteiger partial charge in [-0.1, -0.05) is 0 Å². The molecule has 0 spiro atoms. The maximum atomic E-state index is 13.5. The van der Waals surface area contributed by atoms with E-state index in [1.807, 2.05) is 0 Å². The van der Waals surface area contributed by atoms with Crippen LogP contribution in [0.15, 0.2) is 41.1 Å². The van der Waals surface area contributed by atoms with Gasteiger partial charge in [0.05, 0.1) is 10.6 Å². The van der Waals surface area contributed by atoms with E-state index in [2.05, 4.69) is 26.2 Å². The molecular weight excluding hydrogens is 333 g/mol. The Morgan fingerprint density at radius 2 is 2.10 bits per heavy atom. The number of nitrogens with zero attached hydrogens (tertiary/aromatic N) is 2. The minimum atomic E-state index is -0.753. The lowest BCUT2D eigenvalue weighted by molar-refractivity contribution is -0.384. The van der Waals surface area contributed by atoms with Crippen molar-refractivity contribution in [3.05, 3.63) is 62.6 Å². The van der Waals surface area contributed by atoms with Gasteiger partial charge in [0.25, 0.3) is 11.6 Å². The summed E-state index contributed by atoms with van der Waals surface area (Å²) < 4.78 is 14.0. The molecule has 0 aliphatic rings. The first-order valence-electron chi connectivity index (χ1n) is 5.34. The molecule has 0 radical (unpaired) electrons. The van der Waals surface area contributed by atoms with Gasteiger partial charge in [-0.3, -0.25) is 14.9 Å². The van der Waals surface area contributed by atoms with E-state index in [0.29, 0.717) is 4.60 Å².